The second kappa shape index (κ2) is 9.40. The number of hydrogen-bond acceptors (Lipinski definition) is 9. The maximum absolute atomic E-state index is 12.5. The smallest absolute Gasteiger partial charge is 0.311 e. The fourth-order valence-corrected chi connectivity index (χ4v) is 6.42. The molecule has 1 aliphatic carbocycles. The predicted molar refractivity (Wildman–Crippen MR) is 121 cm³/mol. The molecule has 0 saturated carbocycles. The maximum atomic E-state index is 12.5. The van der Waals surface area contributed by atoms with Crippen molar-refractivity contribution in [3.63, 3.8) is 0 Å². The van der Waals surface area contributed by atoms with E-state index in [1.54, 1.807) is 23.6 Å². The first-order valence-corrected chi connectivity index (χ1v) is 12.5. The first-order chi connectivity index (χ1) is 14.5. The Kier molecular flexibility index (Phi) is 6.64. The van der Waals surface area contributed by atoms with Crippen LogP contribution in [0.2, 0.25) is 0 Å². The largest absolute Gasteiger partial charge is 0.466 e. The van der Waals surface area contributed by atoms with Crippen molar-refractivity contribution in [3.8, 4) is 0 Å². The lowest BCUT2D eigenvalue weighted by Crippen LogP contribution is -2.14. The number of hydrogen-bond donors (Lipinski definition) is 1. The predicted octanol–water partition coefficient (Wildman–Crippen LogP) is 4.17. The molecule has 0 atom stereocenters. The summed E-state index contributed by atoms with van der Waals surface area (Å²) in [6.07, 6.45) is 4.69. The van der Waals surface area contributed by atoms with Gasteiger partial charge in [-0.3, -0.25) is 9.59 Å². The summed E-state index contributed by atoms with van der Waals surface area (Å²) in [5, 5.41) is 7.07. The molecule has 0 radical (unpaired) electrons. The first kappa shape index (κ1) is 21.2. The fraction of sp³-hybridized carbons (Fsp3) is 0.450. The summed E-state index contributed by atoms with van der Waals surface area (Å²) in [7, 11) is 0. The summed E-state index contributed by atoms with van der Waals surface area (Å²) >= 11 is 4.50. The Labute approximate surface area is 186 Å². The van der Waals surface area contributed by atoms with Gasteiger partial charge in [0, 0.05) is 15.6 Å². The quantitative estimate of drug-likeness (QED) is 0.320. The van der Waals surface area contributed by atoms with E-state index in [0.717, 1.165) is 33.9 Å². The van der Waals surface area contributed by atoms with E-state index in [1.807, 2.05) is 6.92 Å². The fourth-order valence-electron chi connectivity index (χ4n) is 3.42. The SMILES string of the molecule is CCOC(=O)Cc1csc(NC(=O)CSc2nc(C)nc3sc4c(c23)CCCC4)n1. The molecule has 0 spiro atoms. The van der Waals surface area contributed by atoms with Crippen LogP contribution < -0.4 is 5.32 Å². The van der Waals surface area contributed by atoms with E-state index < -0.39 is 0 Å². The lowest BCUT2D eigenvalue weighted by atomic mass is 9.97. The Morgan fingerprint density at radius 2 is 2.07 bits per heavy atom. The molecule has 158 valence electrons. The molecule has 10 heteroatoms. The zero-order valence-corrected chi connectivity index (χ0v) is 19.3. The van der Waals surface area contributed by atoms with E-state index in [2.05, 4.69) is 20.3 Å². The standard InChI is InChI=1S/C20H22N4O3S3/c1-3-27-16(26)8-12-9-29-20(23-12)24-15(25)10-28-18-17-13-6-4-5-7-14(13)30-19(17)22-11(2)21-18/h9H,3-8,10H2,1-2H3,(H,23,24,25). The molecule has 0 aromatic carbocycles. The average Bonchev–Trinajstić information content (AvgIpc) is 3.29. The summed E-state index contributed by atoms with van der Waals surface area (Å²) in [6.45, 7) is 4.00. The minimum absolute atomic E-state index is 0.108. The van der Waals surface area contributed by atoms with Gasteiger partial charge in [0.2, 0.25) is 5.91 Å². The Morgan fingerprint density at radius 1 is 1.23 bits per heavy atom. The summed E-state index contributed by atoms with van der Waals surface area (Å²) in [6, 6.07) is 0. The molecule has 1 amide bonds. The highest BCUT2D eigenvalue weighted by atomic mass is 32.2. The van der Waals surface area contributed by atoms with Gasteiger partial charge in [-0.15, -0.1) is 22.7 Å². The van der Waals surface area contributed by atoms with E-state index in [1.165, 1.54) is 46.4 Å². The maximum Gasteiger partial charge on any atom is 0.311 e. The Bertz CT molecular complexity index is 1090. The number of thiazole rings is 1. The molecular formula is C20H22N4O3S3. The Balaban J connectivity index is 1.42. The van der Waals surface area contributed by atoms with E-state index in [0.29, 0.717) is 17.4 Å². The third kappa shape index (κ3) is 4.81. The number of fused-ring (bicyclic) bond motifs is 3. The molecule has 0 aliphatic heterocycles. The molecule has 1 aliphatic rings. The van der Waals surface area contributed by atoms with E-state index >= 15 is 0 Å². The highest BCUT2D eigenvalue weighted by molar-refractivity contribution is 8.00. The van der Waals surface area contributed by atoms with Crippen molar-refractivity contribution in [2.75, 3.05) is 17.7 Å². The molecule has 3 aromatic heterocycles. The second-order valence-electron chi connectivity index (χ2n) is 6.93. The van der Waals surface area contributed by atoms with Crippen LogP contribution in [0.25, 0.3) is 10.2 Å². The van der Waals surface area contributed by atoms with Gasteiger partial charge >= 0.3 is 5.97 Å². The zero-order valence-electron chi connectivity index (χ0n) is 16.8. The van der Waals surface area contributed by atoms with Crippen LogP contribution in [0.5, 0.6) is 0 Å². The molecule has 0 fully saturated rings. The number of aromatic nitrogens is 3. The minimum atomic E-state index is -0.321. The van der Waals surface area contributed by atoms with Crippen molar-refractivity contribution >= 4 is 61.7 Å². The summed E-state index contributed by atoms with van der Waals surface area (Å²) in [5.74, 6) is 0.500. The normalized spacial score (nSPS) is 13.3. The minimum Gasteiger partial charge on any atom is -0.466 e. The van der Waals surface area contributed by atoms with Crippen molar-refractivity contribution < 1.29 is 14.3 Å². The number of carbonyl (C=O) groups excluding carboxylic acids is 2. The molecule has 4 rings (SSSR count). The van der Waals surface area contributed by atoms with E-state index in [-0.39, 0.29) is 24.1 Å². The Morgan fingerprint density at radius 3 is 2.90 bits per heavy atom. The topological polar surface area (TPSA) is 94.1 Å². The van der Waals surface area contributed by atoms with Crippen molar-refractivity contribution in [1.29, 1.82) is 0 Å². The van der Waals surface area contributed by atoms with Crippen LogP contribution in [0.1, 0.15) is 41.7 Å². The molecule has 7 nitrogen and oxygen atoms in total. The molecule has 0 bridgehead atoms. The van der Waals surface area contributed by atoms with Gasteiger partial charge in [0.1, 0.15) is 15.7 Å². The number of amides is 1. The van der Waals surface area contributed by atoms with Gasteiger partial charge in [0.15, 0.2) is 5.13 Å². The van der Waals surface area contributed by atoms with Crippen LogP contribution in [-0.4, -0.2) is 39.2 Å². The number of nitrogens with one attached hydrogen (secondary N) is 1. The highest BCUT2D eigenvalue weighted by Gasteiger charge is 2.21. The summed E-state index contributed by atoms with van der Waals surface area (Å²) < 4.78 is 4.93. The number of nitrogens with zero attached hydrogens (tertiary/aromatic N) is 3. The van der Waals surface area contributed by atoms with E-state index in [9.17, 15) is 9.59 Å². The summed E-state index contributed by atoms with van der Waals surface area (Å²) in [5.41, 5.74) is 1.96. The van der Waals surface area contributed by atoms with Gasteiger partial charge in [-0.2, -0.15) is 0 Å². The van der Waals surface area contributed by atoms with Crippen LogP contribution in [0.3, 0.4) is 0 Å². The van der Waals surface area contributed by atoms with Gasteiger partial charge < -0.3 is 10.1 Å². The average molecular weight is 463 g/mol. The molecule has 3 heterocycles. The van der Waals surface area contributed by atoms with Crippen molar-refractivity contribution in [2.45, 2.75) is 51.0 Å². The highest BCUT2D eigenvalue weighted by Crippen LogP contribution is 2.39. The van der Waals surface area contributed by atoms with Gasteiger partial charge in [0.05, 0.1) is 24.5 Å². The van der Waals surface area contributed by atoms with Crippen molar-refractivity contribution in [1.82, 2.24) is 15.0 Å². The number of aryl methyl sites for hydroxylation is 3. The second-order valence-corrected chi connectivity index (χ2v) is 9.84. The van der Waals surface area contributed by atoms with Crippen LogP contribution >= 0.6 is 34.4 Å². The number of esters is 1. The first-order valence-electron chi connectivity index (χ1n) is 9.85. The number of rotatable bonds is 7. The van der Waals surface area contributed by atoms with Crippen LogP contribution in [0, 0.1) is 6.92 Å². The third-order valence-corrected chi connectivity index (χ3v) is 7.63. The van der Waals surface area contributed by atoms with Crippen molar-refractivity contribution in [2.24, 2.45) is 0 Å². The van der Waals surface area contributed by atoms with Gasteiger partial charge in [-0.25, -0.2) is 15.0 Å². The van der Waals surface area contributed by atoms with Crippen LogP contribution in [-0.2, 0) is 33.6 Å². The van der Waals surface area contributed by atoms with Crippen LogP contribution in [0.4, 0.5) is 5.13 Å². The lowest BCUT2D eigenvalue weighted by Gasteiger charge is -2.11. The summed E-state index contributed by atoms with van der Waals surface area (Å²) in [4.78, 5) is 40.0. The number of ether oxygens (including phenoxy) is 1. The molecule has 3 aromatic rings. The molecule has 30 heavy (non-hydrogen) atoms. The number of thioether (sulfide) groups is 1. The monoisotopic (exact) mass is 462 g/mol. The molecule has 1 N–H and O–H groups in total. The van der Waals surface area contributed by atoms with Crippen molar-refractivity contribution in [3.05, 3.63) is 27.3 Å². The zero-order chi connectivity index (χ0) is 21.1. The number of thiophene rings is 1. The van der Waals surface area contributed by atoms with Gasteiger partial charge in [-0.1, -0.05) is 11.8 Å². The molecule has 0 unspecified atom stereocenters. The number of anilines is 1. The third-order valence-electron chi connectivity index (χ3n) is 4.66. The van der Waals surface area contributed by atoms with Gasteiger partial charge in [-0.05, 0) is 45.1 Å². The molecular weight excluding hydrogens is 440 g/mol. The Hall–Kier alpha value is -2.04. The van der Waals surface area contributed by atoms with Gasteiger partial charge in [0.25, 0.3) is 0 Å². The van der Waals surface area contributed by atoms with Crippen LogP contribution in [0.15, 0.2) is 10.4 Å². The number of carbonyl (C=O) groups is 2. The molecule has 0 saturated heterocycles. The van der Waals surface area contributed by atoms with E-state index in [4.69, 9.17) is 4.74 Å². The lowest BCUT2D eigenvalue weighted by molar-refractivity contribution is -0.142.